The van der Waals surface area contributed by atoms with Crippen molar-refractivity contribution in [3.63, 3.8) is 0 Å². The van der Waals surface area contributed by atoms with Crippen molar-refractivity contribution < 1.29 is 67.5 Å². The average Bonchev–Trinajstić information content (AvgIpc) is 3.58. The predicted molar refractivity (Wildman–Crippen MR) is 227 cm³/mol. The SMILES string of the molecule is CC[C@H](C)[C@@H]1O[C@@]2(C=C[C@H]1C)C[C@H]1C[C@@H](C/C=C(\C)[C@@H](O[C@H]3C[C@H](OC)[C@H](O[C@@H]4C[C@H](OC)[C@H](O)[C@H](C)O4)[C@H](C)O3)[C@H](C)/C=C/C=C3\CO[C@@H]4[C@H](O)C(C)=C[C@H](C(=O)O1)[C@@]34O)O2. The van der Waals surface area contributed by atoms with E-state index in [2.05, 4.69) is 39.8 Å². The number of carbonyl (C=O) groups is 1. The number of allylic oxidation sites excluding steroid dienone is 2. The number of esters is 1. The molecule has 0 saturated carbocycles. The van der Waals surface area contributed by atoms with E-state index >= 15 is 0 Å². The van der Waals surface area contributed by atoms with Crippen LogP contribution in [-0.2, 0) is 52.2 Å². The average molecular weight is 873 g/mol. The monoisotopic (exact) mass is 872 g/mol. The third-order valence-electron chi connectivity index (χ3n) is 14.5. The van der Waals surface area contributed by atoms with Crippen LogP contribution in [0.25, 0.3) is 0 Å². The van der Waals surface area contributed by atoms with E-state index in [9.17, 15) is 20.1 Å². The summed E-state index contributed by atoms with van der Waals surface area (Å²) in [5, 5.41) is 34.2. The van der Waals surface area contributed by atoms with Crippen LogP contribution in [0.15, 0.2) is 59.3 Å². The molecule has 1 spiro atoms. The van der Waals surface area contributed by atoms with Crippen LogP contribution >= 0.6 is 0 Å². The van der Waals surface area contributed by atoms with E-state index in [-0.39, 0.29) is 42.7 Å². The second-order valence-corrected chi connectivity index (χ2v) is 19.0. The van der Waals surface area contributed by atoms with Gasteiger partial charge in [-0.25, -0.2) is 0 Å². The van der Waals surface area contributed by atoms with Gasteiger partial charge in [-0.1, -0.05) is 70.6 Å². The molecule has 1 aliphatic carbocycles. The zero-order valence-corrected chi connectivity index (χ0v) is 38.2. The van der Waals surface area contributed by atoms with Crippen LogP contribution in [-0.4, -0.2) is 139 Å². The maximum atomic E-state index is 14.3. The molecule has 20 atom stereocenters. The summed E-state index contributed by atoms with van der Waals surface area (Å²) in [6.07, 6.45) is 8.55. The van der Waals surface area contributed by atoms with E-state index in [1.165, 1.54) is 0 Å². The van der Waals surface area contributed by atoms with Gasteiger partial charge >= 0.3 is 5.97 Å². The van der Waals surface area contributed by atoms with Gasteiger partial charge < -0.3 is 62.7 Å². The molecule has 0 aromatic rings. The molecule has 7 aliphatic rings. The first kappa shape index (κ1) is 47.6. The molecule has 2 bridgehead atoms. The Morgan fingerprint density at radius 1 is 0.887 bits per heavy atom. The Hall–Kier alpha value is -2.31. The van der Waals surface area contributed by atoms with E-state index in [4.69, 9.17) is 47.4 Å². The normalized spacial score (nSPS) is 49.1. The van der Waals surface area contributed by atoms with Gasteiger partial charge in [-0.2, -0.15) is 0 Å². The number of aliphatic hydroxyl groups excluding tert-OH is 2. The highest BCUT2D eigenvalue weighted by Crippen LogP contribution is 2.47. The number of fused-ring (bicyclic) bond motifs is 2. The van der Waals surface area contributed by atoms with Crippen molar-refractivity contribution in [3.05, 3.63) is 59.3 Å². The lowest BCUT2D eigenvalue weighted by Gasteiger charge is -2.48. The standard InChI is InChI=1S/C48H72O14/c1-11-25(2)43-28(5)17-18-47(62-43)23-34-20-33(61-47)16-15-27(4)42(26(3)13-12-14-32-24-55-45-40(49)29(6)19-35(46(51)58-34)48(32,45)52)59-39-22-37(54-10)44(31(8)57-39)60-38-21-36(53-9)41(50)30(7)56-38/h12-15,17-19,25-26,28,30-31,33-45,49-50,52H,11,16,20-24H2,1-10H3/b13-12+,27-15+,32-14+/t25-,26+,28+,30-,31-,33+,34+,35+,36-,37-,38+,39-,40+,41+,42-,43-,44+,45+,47-,48-/m0/s1. The van der Waals surface area contributed by atoms with Crippen molar-refractivity contribution in [2.24, 2.45) is 23.7 Å². The van der Waals surface area contributed by atoms with Crippen LogP contribution in [0.4, 0.5) is 0 Å². The summed E-state index contributed by atoms with van der Waals surface area (Å²) < 4.78 is 63.7. The van der Waals surface area contributed by atoms with Gasteiger partial charge in [-0.15, -0.1) is 0 Å². The molecule has 348 valence electrons. The molecule has 4 fully saturated rings. The summed E-state index contributed by atoms with van der Waals surface area (Å²) in [4.78, 5) is 14.3. The lowest BCUT2D eigenvalue weighted by Crippen LogP contribution is -2.58. The van der Waals surface area contributed by atoms with Gasteiger partial charge in [0, 0.05) is 51.7 Å². The largest absolute Gasteiger partial charge is 0.462 e. The summed E-state index contributed by atoms with van der Waals surface area (Å²) >= 11 is 0. The van der Waals surface area contributed by atoms with Crippen LogP contribution in [0.1, 0.15) is 93.9 Å². The molecule has 62 heavy (non-hydrogen) atoms. The number of rotatable bonds is 8. The van der Waals surface area contributed by atoms with E-state index in [1.807, 2.05) is 32.1 Å². The van der Waals surface area contributed by atoms with Crippen LogP contribution < -0.4 is 0 Å². The topological polar surface area (TPSA) is 170 Å². The zero-order chi connectivity index (χ0) is 44.7. The molecular formula is C48H72O14. The molecular weight excluding hydrogens is 801 g/mol. The first-order valence-electron chi connectivity index (χ1n) is 22.9. The van der Waals surface area contributed by atoms with Crippen molar-refractivity contribution in [2.75, 3.05) is 20.8 Å². The van der Waals surface area contributed by atoms with E-state index < -0.39 is 90.8 Å². The minimum Gasteiger partial charge on any atom is -0.462 e. The molecule has 0 unspecified atom stereocenters. The van der Waals surface area contributed by atoms with Crippen molar-refractivity contribution in [1.82, 2.24) is 0 Å². The Morgan fingerprint density at radius 3 is 2.32 bits per heavy atom. The molecule has 0 radical (unpaired) electrons. The van der Waals surface area contributed by atoms with Gasteiger partial charge in [-0.05, 0) is 62.8 Å². The van der Waals surface area contributed by atoms with Gasteiger partial charge in [0.15, 0.2) is 18.4 Å². The van der Waals surface area contributed by atoms with Crippen LogP contribution in [0, 0.1) is 23.7 Å². The maximum Gasteiger partial charge on any atom is 0.316 e. The molecule has 0 aromatic heterocycles. The zero-order valence-electron chi connectivity index (χ0n) is 38.2. The van der Waals surface area contributed by atoms with Crippen LogP contribution in [0.2, 0.25) is 0 Å². The van der Waals surface area contributed by atoms with E-state index in [0.29, 0.717) is 43.3 Å². The third-order valence-corrected chi connectivity index (χ3v) is 14.5. The number of aliphatic hydroxyl groups is 3. The minimum absolute atomic E-state index is 0.0317. The quantitative estimate of drug-likeness (QED) is 0.210. The van der Waals surface area contributed by atoms with Gasteiger partial charge in [-0.3, -0.25) is 4.79 Å². The highest BCUT2D eigenvalue weighted by Gasteiger charge is 2.60. The number of carbonyl (C=O) groups excluding carboxylic acids is 1. The van der Waals surface area contributed by atoms with Crippen LogP contribution in [0.3, 0.4) is 0 Å². The number of methoxy groups -OCH3 is 2. The van der Waals surface area contributed by atoms with Gasteiger partial charge in [0.05, 0.1) is 49.3 Å². The fraction of sp³-hybridized carbons (Fsp3) is 0.771. The second-order valence-electron chi connectivity index (χ2n) is 19.0. The first-order valence-corrected chi connectivity index (χ1v) is 22.9. The molecule has 14 nitrogen and oxygen atoms in total. The van der Waals surface area contributed by atoms with Crippen molar-refractivity contribution in [2.45, 2.75) is 191 Å². The molecule has 14 heteroatoms. The molecule has 0 aromatic carbocycles. The Kier molecular flexibility index (Phi) is 15.1. The fourth-order valence-corrected chi connectivity index (χ4v) is 10.6. The minimum atomic E-state index is -1.84. The van der Waals surface area contributed by atoms with E-state index in [1.54, 1.807) is 40.2 Å². The molecule has 3 N–H and O–H groups in total. The lowest BCUT2D eigenvalue weighted by molar-refractivity contribution is -0.318. The maximum absolute atomic E-state index is 14.3. The number of ether oxygens (including phenoxy) is 10. The highest BCUT2D eigenvalue weighted by atomic mass is 16.7. The molecule has 6 aliphatic heterocycles. The Labute approximate surface area is 367 Å². The Morgan fingerprint density at radius 2 is 1.60 bits per heavy atom. The van der Waals surface area contributed by atoms with Crippen LogP contribution in [0.5, 0.6) is 0 Å². The summed E-state index contributed by atoms with van der Waals surface area (Å²) in [5.74, 6) is -2.56. The van der Waals surface area contributed by atoms with Crippen molar-refractivity contribution in [1.29, 1.82) is 0 Å². The number of hydrogen-bond acceptors (Lipinski definition) is 14. The molecule has 4 saturated heterocycles. The van der Waals surface area contributed by atoms with E-state index in [0.717, 1.165) is 12.0 Å². The summed E-state index contributed by atoms with van der Waals surface area (Å²) in [6.45, 7) is 16.1. The molecule has 6 heterocycles. The first-order chi connectivity index (χ1) is 29.5. The lowest BCUT2D eigenvalue weighted by atomic mass is 9.71. The fourth-order valence-electron chi connectivity index (χ4n) is 10.6. The smallest absolute Gasteiger partial charge is 0.316 e. The summed E-state index contributed by atoms with van der Waals surface area (Å²) in [7, 11) is 3.22. The molecule has 7 rings (SSSR count). The summed E-state index contributed by atoms with van der Waals surface area (Å²) in [6, 6.07) is 0. The highest BCUT2D eigenvalue weighted by molar-refractivity contribution is 5.78. The van der Waals surface area contributed by atoms with Crippen molar-refractivity contribution >= 4 is 5.97 Å². The number of hydrogen-bond donors (Lipinski definition) is 3. The second kappa shape index (κ2) is 19.7. The van der Waals surface area contributed by atoms with Gasteiger partial charge in [0.2, 0.25) is 0 Å². The molecule has 0 amide bonds. The third kappa shape index (κ3) is 9.64. The van der Waals surface area contributed by atoms with Crippen molar-refractivity contribution in [3.8, 4) is 0 Å². The summed E-state index contributed by atoms with van der Waals surface area (Å²) in [5.41, 5.74) is 0.134. The Balaban J connectivity index is 1.18. The van der Waals surface area contributed by atoms with Gasteiger partial charge in [0.1, 0.15) is 42.0 Å². The Bertz CT molecular complexity index is 1730. The van der Waals surface area contributed by atoms with Gasteiger partial charge in [0.25, 0.3) is 0 Å². The predicted octanol–water partition coefficient (Wildman–Crippen LogP) is 5.38.